The average molecular weight is 379 g/mol. The zero-order valence-corrected chi connectivity index (χ0v) is 15.5. The fraction of sp³-hybridized carbons (Fsp3) is 0.409. The number of benzene rings is 2. The number of anilines is 1. The van der Waals surface area contributed by atoms with E-state index >= 15 is 0 Å². The van der Waals surface area contributed by atoms with Gasteiger partial charge in [0, 0.05) is 23.9 Å². The van der Waals surface area contributed by atoms with Gasteiger partial charge in [0.1, 0.15) is 17.8 Å². The van der Waals surface area contributed by atoms with Gasteiger partial charge in [0.25, 0.3) is 0 Å². The first-order valence-electron chi connectivity index (χ1n) is 9.87. The molecule has 0 saturated carbocycles. The van der Waals surface area contributed by atoms with Crippen molar-refractivity contribution < 1.29 is 23.7 Å². The van der Waals surface area contributed by atoms with Crippen LogP contribution in [0.15, 0.2) is 36.4 Å². The maximum Gasteiger partial charge on any atom is 0.245 e. The summed E-state index contributed by atoms with van der Waals surface area (Å²) in [7, 11) is 0. The third kappa shape index (κ3) is 2.09. The molecule has 28 heavy (non-hydrogen) atoms. The van der Waals surface area contributed by atoms with Gasteiger partial charge in [-0.05, 0) is 37.0 Å². The second-order valence-electron chi connectivity index (χ2n) is 7.82. The predicted molar refractivity (Wildman–Crippen MR) is 101 cm³/mol. The molecule has 4 aliphatic rings. The molecule has 0 aromatic heterocycles. The molecule has 2 atom stereocenters. The minimum Gasteiger partial charge on any atom is -0.491 e. The molecular formula is C22H21NO5. The molecule has 6 heteroatoms. The number of carbonyl (C=O) groups is 1. The van der Waals surface area contributed by atoms with E-state index in [1.807, 2.05) is 41.3 Å². The van der Waals surface area contributed by atoms with Gasteiger partial charge in [0.15, 0.2) is 11.5 Å². The molecule has 2 aromatic rings. The molecule has 144 valence electrons. The summed E-state index contributed by atoms with van der Waals surface area (Å²) in [6.07, 6.45) is 3.32. The molecule has 6 rings (SSSR count). The molecule has 0 radical (unpaired) electrons. The minimum atomic E-state index is -0.832. The van der Waals surface area contributed by atoms with Crippen LogP contribution in [0.25, 0.3) is 0 Å². The van der Waals surface area contributed by atoms with Gasteiger partial charge < -0.3 is 23.8 Å². The van der Waals surface area contributed by atoms with Crippen LogP contribution in [0.4, 0.5) is 5.69 Å². The lowest BCUT2D eigenvalue weighted by molar-refractivity contribution is -0.122. The number of carbonyl (C=O) groups excluding carboxylic acids is 1. The SMILES string of the molecule is O=C1N(CC2CCCCO2)c2ccccc2C12COc1cc3c(cc12)OCO3. The van der Waals surface area contributed by atoms with Crippen LogP contribution in [-0.4, -0.2) is 38.6 Å². The summed E-state index contributed by atoms with van der Waals surface area (Å²) in [5.41, 5.74) is 1.98. The lowest BCUT2D eigenvalue weighted by Crippen LogP contribution is -2.45. The van der Waals surface area contributed by atoms with Gasteiger partial charge in [-0.15, -0.1) is 0 Å². The highest BCUT2D eigenvalue weighted by atomic mass is 16.7. The monoisotopic (exact) mass is 379 g/mol. The van der Waals surface area contributed by atoms with Crippen molar-refractivity contribution in [3.05, 3.63) is 47.5 Å². The first-order valence-corrected chi connectivity index (χ1v) is 9.87. The normalized spacial score (nSPS) is 27.1. The van der Waals surface area contributed by atoms with Crippen molar-refractivity contribution in [1.29, 1.82) is 0 Å². The van der Waals surface area contributed by atoms with E-state index in [2.05, 4.69) is 0 Å². The summed E-state index contributed by atoms with van der Waals surface area (Å²) in [6, 6.07) is 11.8. The summed E-state index contributed by atoms with van der Waals surface area (Å²) >= 11 is 0. The Bertz CT molecular complexity index is 967. The zero-order chi connectivity index (χ0) is 18.7. The van der Waals surface area contributed by atoms with Gasteiger partial charge in [0.2, 0.25) is 12.7 Å². The van der Waals surface area contributed by atoms with Gasteiger partial charge in [-0.1, -0.05) is 18.2 Å². The molecule has 1 amide bonds. The van der Waals surface area contributed by atoms with E-state index in [1.165, 1.54) is 0 Å². The van der Waals surface area contributed by atoms with Crippen LogP contribution in [0.1, 0.15) is 30.4 Å². The van der Waals surface area contributed by atoms with Crippen molar-refractivity contribution in [2.75, 3.05) is 31.5 Å². The molecule has 0 N–H and O–H groups in total. The topological polar surface area (TPSA) is 57.2 Å². The number of para-hydroxylation sites is 1. The molecule has 0 aliphatic carbocycles. The largest absolute Gasteiger partial charge is 0.491 e. The smallest absolute Gasteiger partial charge is 0.245 e. The summed E-state index contributed by atoms with van der Waals surface area (Å²) < 4.78 is 23.0. The molecular weight excluding hydrogens is 358 g/mol. The number of nitrogens with zero attached hydrogens (tertiary/aromatic N) is 1. The first kappa shape index (κ1) is 16.2. The number of fused-ring (bicyclic) bond motifs is 5. The number of rotatable bonds is 2. The van der Waals surface area contributed by atoms with Crippen LogP contribution in [0.2, 0.25) is 0 Å². The summed E-state index contributed by atoms with van der Waals surface area (Å²) in [6.45, 7) is 1.84. The number of hydrogen-bond donors (Lipinski definition) is 0. The second-order valence-corrected chi connectivity index (χ2v) is 7.82. The molecule has 4 heterocycles. The lowest BCUT2D eigenvalue weighted by atomic mass is 9.77. The van der Waals surface area contributed by atoms with Gasteiger partial charge in [-0.3, -0.25) is 4.79 Å². The average Bonchev–Trinajstić information content (AvgIpc) is 3.40. The Hall–Kier alpha value is -2.73. The molecule has 1 saturated heterocycles. The molecule has 0 bridgehead atoms. The van der Waals surface area contributed by atoms with Gasteiger partial charge in [-0.25, -0.2) is 0 Å². The first-order chi connectivity index (χ1) is 13.8. The molecule has 1 fully saturated rings. The Morgan fingerprint density at radius 3 is 2.71 bits per heavy atom. The molecule has 4 aliphatic heterocycles. The zero-order valence-electron chi connectivity index (χ0n) is 15.5. The van der Waals surface area contributed by atoms with Crippen molar-refractivity contribution in [2.24, 2.45) is 0 Å². The highest BCUT2D eigenvalue weighted by molar-refractivity contribution is 6.11. The van der Waals surface area contributed by atoms with Crippen molar-refractivity contribution >= 4 is 11.6 Å². The van der Waals surface area contributed by atoms with Gasteiger partial charge >= 0.3 is 0 Å². The van der Waals surface area contributed by atoms with Crippen LogP contribution in [0.5, 0.6) is 17.2 Å². The van der Waals surface area contributed by atoms with Crippen LogP contribution >= 0.6 is 0 Å². The van der Waals surface area contributed by atoms with E-state index in [4.69, 9.17) is 18.9 Å². The van der Waals surface area contributed by atoms with E-state index in [-0.39, 0.29) is 18.8 Å². The molecule has 2 unspecified atom stereocenters. The highest BCUT2D eigenvalue weighted by Gasteiger charge is 2.57. The van der Waals surface area contributed by atoms with E-state index < -0.39 is 5.41 Å². The fourth-order valence-electron chi connectivity index (χ4n) is 4.90. The Morgan fingerprint density at radius 1 is 1.00 bits per heavy atom. The quantitative estimate of drug-likeness (QED) is 0.803. The maximum absolute atomic E-state index is 13.8. The number of ether oxygens (including phenoxy) is 4. The lowest BCUT2D eigenvalue weighted by Gasteiger charge is -2.29. The summed E-state index contributed by atoms with van der Waals surface area (Å²) in [5.74, 6) is 2.09. The van der Waals surface area contributed by atoms with Crippen molar-refractivity contribution in [3.63, 3.8) is 0 Å². The van der Waals surface area contributed by atoms with E-state index in [0.717, 1.165) is 42.7 Å². The number of hydrogen-bond acceptors (Lipinski definition) is 5. The van der Waals surface area contributed by atoms with Crippen molar-refractivity contribution in [2.45, 2.75) is 30.8 Å². The van der Waals surface area contributed by atoms with Gasteiger partial charge in [-0.2, -0.15) is 0 Å². The fourth-order valence-corrected chi connectivity index (χ4v) is 4.90. The van der Waals surface area contributed by atoms with Crippen molar-refractivity contribution in [1.82, 2.24) is 0 Å². The Morgan fingerprint density at radius 2 is 1.86 bits per heavy atom. The standard InChI is InChI=1S/C22H21NO5/c24-21-22(12-26-18-10-20-19(9-16(18)22)27-13-28-20)15-6-1-2-7-17(15)23(21)11-14-5-3-4-8-25-14/h1-2,6-7,9-10,14H,3-5,8,11-13H2. The third-order valence-electron chi connectivity index (χ3n) is 6.30. The maximum atomic E-state index is 13.8. The molecule has 2 aromatic carbocycles. The third-order valence-corrected chi connectivity index (χ3v) is 6.30. The van der Waals surface area contributed by atoms with Crippen LogP contribution < -0.4 is 19.1 Å². The molecule has 1 spiro atoms. The Labute approximate surface area is 162 Å². The summed E-state index contributed by atoms with van der Waals surface area (Å²) in [4.78, 5) is 15.7. The second kappa shape index (κ2) is 5.88. The Kier molecular flexibility index (Phi) is 3.41. The summed E-state index contributed by atoms with van der Waals surface area (Å²) in [5, 5.41) is 0. The predicted octanol–water partition coefficient (Wildman–Crippen LogP) is 3.01. The minimum absolute atomic E-state index is 0.0560. The molecule has 6 nitrogen and oxygen atoms in total. The van der Waals surface area contributed by atoms with Gasteiger partial charge in [0.05, 0.1) is 12.6 Å². The van der Waals surface area contributed by atoms with E-state index in [9.17, 15) is 4.79 Å². The Balaban J connectivity index is 1.46. The highest BCUT2D eigenvalue weighted by Crippen LogP contribution is 2.55. The van der Waals surface area contributed by atoms with E-state index in [1.54, 1.807) is 0 Å². The van der Waals surface area contributed by atoms with Crippen LogP contribution in [0, 0.1) is 0 Å². The van der Waals surface area contributed by atoms with E-state index in [0.29, 0.717) is 30.4 Å². The van der Waals surface area contributed by atoms with Crippen LogP contribution in [-0.2, 0) is 14.9 Å². The van der Waals surface area contributed by atoms with Crippen LogP contribution in [0.3, 0.4) is 0 Å². The number of amides is 1. The van der Waals surface area contributed by atoms with Crippen molar-refractivity contribution in [3.8, 4) is 17.2 Å².